The average Bonchev–Trinajstić information content (AvgIpc) is 3.25. The molecule has 0 saturated carbocycles. The first kappa shape index (κ1) is 34.1. The molecule has 34 heavy (non-hydrogen) atoms. The monoisotopic (exact) mass is 472 g/mol. The number of unbranched alkanes of at least 4 members (excludes halogenated alkanes) is 1. The summed E-state index contributed by atoms with van der Waals surface area (Å²) in [5, 5.41) is 3.04. The summed E-state index contributed by atoms with van der Waals surface area (Å²) in [6.07, 6.45) is 12.4. The van der Waals surface area contributed by atoms with Crippen LogP contribution in [0.5, 0.6) is 0 Å². The SMILES string of the molecule is C/C=C(\N)CC.C=C(C)C.CCCC(C)C.CCCCC(C)C(=O)Nc1ccc2c(c1)CCC2. The van der Waals surface area contributed by atoms with E-state index in [1.165, 1.54) is 42.4 Å². The van der Waals surface area contributed by atoms with Gasteiger partial charge >= 0.3 is 0 Å². The van der Waals surface area contributed by atoms with E-state index in [4.69, 9.17) is 5.73 Å². The summed E-state index contributed by atoms with van der Waals surface area (Å²) < 4.78 is 0. The second-order valence-electron chi connectivity index (χ2n) is 9.98. The van der Waals surface area contributed by atoms with E-state index in [0.717, 1.165) is 49.4 Å². The summed E-state index contributed by atoms with van der Waals surface area (Å²) in [6, 6.07) is 6.34. The van der Waals surface area contributed by atoms with Crippen molar-refractivity contribution in [1.29, 1.82) is 0 Å². The number of allylic oxidation sites excluding steroid dienone is 3. The molecule has 1 aromatic rings. The molecule has 0 aromatic heterocycles. The summed E-state index contributed by atoms with van der Waals surface area (Å²) in [4.78, 5) is 12.0. The van der Waals surface area contributed by atoms with Gasteiger partial charge in [-0.2, -0.15) is 0 Å². The first-order valence-corrected chi connectivity index (χ1v) is 13.5. The van der Waals surface area contributed by atoms with Crippen molar-refractivity contribution in [3.63, 3.8) is 0 Å². The van der Waals surface area contributed by atoms with Crippen LogP contribution < -0.4 is 11.1 Å². The summed E-state index contributed by atoms with van der Waals surface area (Å²) in [5.74, 6) is 1.16. The second kappa shape index (κ2) is 21.5. The lowest BCUT2D eigenvalue weighted by molar-refractivity contribution is -0.119. The van der Waals surface area contributed by atoms with Crippen molar-refractivity contribution in [2.45, 2.75) is 120 Å². The molecule has 1 amide bonds. The zero-order chi connectivity index (χ0) is 26.5. The lowest BCUT2D eigenvalue weighted by Gasteiger charge is -2.12. The first-order chi connectivity index (χ1) is 16.0. The molecule has 0 saturated heterocycles. The Morgan fingerprint density at radius 3 is 2.06 bits per heavy atom. The van der Waals surface area contributed by atoms with Gasteiger partial charge in [0.05, 0.1) is 0 Å². The minimum absolute atomic E-state index is 0.109. The number of hydrogen-bond acceptors (Lipinski definition) is 2. The molecule has 1 atom stereocenters. The number of anilines is 1. The highest BCUT2D eigenvalue weighted by atomic mass is 16.1. The molecule has 0 bridgehead atoms. The Hall–Kier alpha value is -2.03. The van der Waals surface area contributed by atoms with Crippen LogP contribution in [0.15, 0.2) is 42.1 Å². The molecule has 3 N–H and O–H groups in total. The maximum atomic E-state index is 12.0. The molecular weight excluding hydrogens is 416 g/mol. The lowest BCUT2D eigenvalue weighted by Crippen LogP contribution is -2.20. The third-order valence-corrected chi connectivity index (χ3v) is 5.45. The number of nitrogens with one attached hydrogen (secondary N) is 1. The van der Waals surface area contributed by atoms with Crippen LogP contribution in [-0.2, 0) is 17.6 Å². The van der Waals surface area contributed by atoms with E-state index in [2.05, 4.69) is 51.7 Å². The minimum atomic E-state index is 0.109. The van der Waals surface area contributed by atoms with Gasteiger partial charge in [0.15, 0.2) is 0 Å². The summed E-state index contributed by atoms with van der Waals surface area (Å²) in [6.45, 7) is 22.4. The number of carbonyl (C=O) groups excluding carboxylic acids is 1. The first-order valence-electron chi connectivity index (χ1n) is 13.5. The van der Waals surface area contributed by atoms with Gasteiger partial charge in [0, 0.05) is 17.3 Å². The van der Waals surface area contributed by atoms with Crippen molar-refractivity contribution in [1.82, 2.24) is 0 Å². The lowest BCUT2D eigenvalue weighted by atomic mass is 10.0. The van der Waals surface area contributed by atoms with Crippen molar-refractivity contribution in [3.05, 3.63) is 53.3 Å². The van der Waals surface area contributed by atoms with Crippen LogP contribution in [-0.4, -0.2) is 5.91 Å². The normalized spacial score (nSPS) is 12.7. The largest absolute Gasteiger partial charge is 0.402 e. The van der Waals surface area contributed by atoms with Crippen molar-refractivity contribution >= 4 is 11.6 Å². The number of aryl methyl sites for hydroxylation is 2. The second-order valence-corrected chi connectivity index (χ2v) is 9.98. The van der Waals surface area contributed by atoms with Crippen LogP contribution in [0, 0.1) is 11.8 Å². The number of rotatable bonds is 8. The predicted molar refractivity (Wildman–Crippen MR) is 154 cm³/mol. The van der Waals surface area contributed by atoms with Gasteiger partial charge in [-0.3, -0.25) is 4.79 Å². The number of amides is 1. The third kappa shape index (κ3) is 19.4. The van der Waals surface area contributed by atoms with Gasteiger partial charge < -0.3 is 11.1 Å². The van der Waals surface area contributed by atoms with Gasteiger partial charge in [0.25, 0.3) is 0 Å². The topological polar surface area (TPSA) is 55.1 Å². The third-order valence-electron chi connectivity index (χ3n) is 5.45. The van der Waals surface area contributed by atoms with Gasteiger partial charge in [0.2, 0.25) is 5.91 Å². The fourth-order valence-electron chi connectivity index (χ4n) is 3.34. The molecule has 0 heterocycles. The summed E-state index contributed by atoms with van der Waals surface area (Å²) >= 11 is 0. The van der Waals surface area contributed by atoms with Gasteiger partial charge in [-0.1, -0.05) is 84.9 Å². The zero-order valence-electron chi connectivity index (χ0n) is 24.0. The Balaban J connectivity index is 0. The molecule has 3 nitrogen and oxygen atoms in total. The highest BCUT2D eigenvalue weighted by Gasteiger charge is 2.14. The Bertz CT molecular complexity index is 699. The van der Waals surface area contributed by atoms with E-state index < -0.39 is 0 Å². The standard InChI is InChI=1S/C16H23NO.C6H14.C5H11N.C4H8/c1-3-4-6-12(2)16(18)17-15-10-9-13-7-5-8-14(13)11-15;1-4-5-6(2)3;1-3-5(6)4-2;1-4(2)3/h9-12H,3-8H2,1-2H3,(H,17,18);6H,4-5H2,1-3H3;3H,4,6H2,1-2H3;1H2,2-3H3/b;;5-3-;. The van der Waals surface area contributed by atoms with Crippen LogP contribution in [0.4, 0.5) is 5.69 Å². The molecular formula is C31H56N2O. The van der Waals surface area contributed by atoms with Crippen LogP contribution in [0.2, 0.25) is 0 Å². The number of fused-ring (bicyclic) bond motifs is 1. The summed E-state index contributed by atoms with van der Waals surface area (Å²) in [5.41, 5.74) is 11.3. The molecule has 0 fully saturated rings. The molecule has 3 heteroatoms. The molecule has 196 valence electrons. The summed E-state index contributed by atoms with van der Waals surface area (Å²) in [7, 11) is 0. The fraction of sp³-hybridized carbons (Fsp3) is 0.645. The van der Waals surface area contributed by atoms with Gasteiger partial charge in [-0.15, -0.1) is 6.58 Å². The Morgan fingerprint density at radius 1 is 1.06 bits per heavy atom. The molecule has 1 aromatic carbocycles. The number of carbonyl (C=O) groups is 1. The molecule has 0 radical (unpaired) electrons. The Labute approximate surface area is 212 Å². The van der Waals surface area contributed by atoms with Crippen LogP contribution >= 0.6 is 0 Å². The predicted octanol–water partition coefficient (Wildman–Crippen LogP) is 9.22. The van der Waals surface area contributed by atoms with Crippen LogP contribution in [0.3, 0.4) is 0 Å². The number of hydrogen-bond donors (Lipinski definition) is 2. The molecule has 1 unspecified atom stereocenters. The van der Waals surface area contributed by atoms with Crippen LogP contribution in [0.25, 0.3) is 0 Å². The Kier molecular flexibility index (Phi) is 21.6. The van der Waals surface area contributed by atoms with Crippen molar-refractivity contribution < 1.29 is 4.79 Å². The highest BCUT2D eigenvalue weighted by Crippen LogP contribution is 2.25. The van der Waals surface area contributed by atoms with E-state index >= 15 is 0 Å². The van der Waals surface area contributed by atoms with E-state index in [9.17, 15) is 4.79 Å². The van der Waals surface area contributed by atoms with E-state index in [1.807, 2.05) is 46.8 Å². The van der Waals surface area contributed by atoms with E-state index in [1.54, 1.807) is 0 Å². The highest BCUT2D eigenvalue weighted by molar-refractivity contribution is 5.92. The maximum Gasteiger partial charge on any atom is 0.227 e. The molecule has 2 rings (SSSR count). The minimum Gasteiger partial charge on any atom is -0.402 e. The van der Waals surface area contributed by atoms with Gasteiger partial charge in [-0.05, 0) is 82.1 Å². The van der Waals surface area contributed by atoms with E-state index in [0.29, 0.717) is 0 Å². The smallest absolute Gasteiger partial charge is 0.227 e. The number of benzene rings is 1. The van der Waals surface area contributed by atoms with Crippen molar-refractivity contribution in [2.75, 3.05) is 5.32 Å². The quantitative estimate of drug-likeness (QED) is 0.370. The van der Waals surface area contributed by atoms with Gasteiger partial charge in [-0.25, -0.2) is 0 Å². The van der Waals surface area contributed by atoms with Crippen molar-refractivity contribution in [2.24, 2.45) is 17.6 Å². The molecule has 0 spiro atoms. The molecule has 1 aliphatic carbocycles. The van der Waals surface area contributed by atoms with Gasteiger partial charge in [0.1, 0.15) is 0 Å². The Morgan fingerprint density at radius 2 is 1.65 bits per heavy atom. The molecule has 1 aliphatic rings. The average molecular weight is 473 g/mol. The number of nitrogens with two attached hydrogens (primary N) is 1. The fourth-order valence-corrected chi connectivity index (χ4v) is 3.34. The van der Waals surface area contributed by atoms with Crippen LogP contribution in [0.1, 0.15) is 118 Å². The van der Waals surface area contributed by atoms with E-state index in [-0.39, 0.29) is 11.8 Å². The van der Waals surface area contributed by atoms with Crippen molar-refractivity contribution in [3.8, 4) is 0 Å². The maximum absolute atomic E-state index is 12.0. The zero-order valence-corrected chi connectivity index (χ0v) is 24.0. The molecule has 0 aliphatic heterocycles.